The van der Waals surface area contributed by atoms with Crippen LogP contribution in [0.4, 0.5) is 0 Å². The summed E-state index contributed by atoms with van der Waals surface area (Å²) in [5.74, 6) is 2.26. The number of nitrogens with zero attached hydrogens (tertiary/aromatic N) is 2. The molecule has 4 aliphatic rings. The van der Waals surface area contributed by atoms with Gasteiger partial charge in [0.25, 0.3) is 0 Å². The third-order valence-electron chi connectivity index (χ3n) is 7.25. The molecule has 7 heteroatoms. The summed E-state index contributed by atoms with van der Waals surface area (Å²) in [5, 5.41) is 5.46. The molecule has 5 unspecified atom stereocenters. The molecule has 1 aliphatic carbocycles. The van der Waals surface area contributed by atoms with Crippen LogP contribution in [0.25, 0.3) is 0 Å². The predicted octanol–water partition coefficient (Wildman–Crippen LogP) is 2.50. The van der Waals surface area contributed by atoms with Gasteiger partial charge in [-0.05, 0) is 37.3 Å². The van der Waals surface area contributed by atoms with Gasteiger partial charge in [-0.2, -0.15) is 5.06 Å². The molecule has 0 spiro atoms. The molecule has 3 fully saturated rings. The Hall–Kier alpha value is -1.73. The molecule has 168 valence electrons. The molecule has 4 rings (SSSR count). The van der Waals surface area contributed by atoms with Crippen molar-refractivity contribution >= 4 is 5.91 Å². The number of nitrogens with one attached hydrogen (secondary N) is 1. The molecule has 2 bridgehead atoms. The first-order chi connectivity index (χ1) is 14.7. The van der Waals surface area contributed by atoms with Gasteiger partial charge in [0.05, 0.1) is 12.6 Å². The Bertz CT molecular complexity index is 638. The molecule has 3 heterocycles. The zero-order valence-corrected chi connectivity index (χ0v) is 18.1. The van der Waals surface area contributed by atoms with Crippen LogP contribution < -0.4 is 11.1 Å². The maximum Gasteiger partial charge on any atom is 0.234 e. The number of hydrogen-bond donors (Lipinski definition) is 2. The van der Waals surface area contributed by atoms with E-state index >= 15 is 0 Å². The van der Waals surface area contributed by atoms with Crippen LogP contribution in [0.5, 0.6) is 0 Å². The van der Waals surface area contributed by atoms with Crippen LogP contribution in [0.2, 0.25) is 0 Å². The molecule has 3 aliphatic heterocycles. The summed E-state index contributed by atoms with van der Waals surface area (Å²) in [7, 11) is 0. The zero-order valence-electron chi connectivity index (χ0n) is 18.1. The number of carbonyl (C=O) groups excluding carboxylic acids is 1. The number of fused-ring (bicyclic) bond motifs is 4. The Balaban J connectivity index is 1.40. The number of hydrogen-bond acceptors (Lipinski definition) is 6. The second-order valence-electron chi connectivity index (χ2n) is 9.27. The van der Waals surface area contributed by atoms with E-state index in [4.69, 9.17) is 15.3 Å². The van der Waals surface area contributed by atoms with Crippen molar-refractivity contribution in [2.75, 3.05) is 32.7 Å². The van der Waals surface area contributed by atoms with Gasteiger partial charge in [0.2, 0.25) is 11.8 Å². The van der Waals surface area contributed by atoms with E-state index < -0.39 is 0 Å². The van der Waals surface area contributed by atoms with Crippen LogP contribution in [0, 0.1) is 11.8 Å². The molecular formula is C23H38N4O3. The molecule has 0 aromatic heterocycles. The van der Waals surface area contributed by atoms with Crippen molar-refractivity contribution in [3.05, 3.63) is 24.3 Å². The van der Waals surface area contributed by atoms with Crippen molar-refractivity contribution in [2.24, 2.45) is 17.6 Å². The lowest BCUT2D eigenvalue weighted by atomic mass is 9.88. The van der Waals surface area contributed by atoms with E-state index in [0.29, 0.717) is 6.42 Å². The minimum Gasteiger partial charge on any atom is -0.472 e. The average molecular weight is 419 g/mol. The summed E-state index contributed by atoms with van der Waals surface area (Å²) >= 11 is 0. The van der Waals surface area contributed by atoms with Gasteiger partial charge >= 0.3 is 0 Å². The van der Waals surface area contributed by atoms with E-state index in [1.165, 1.54) is 44.9 Å². The minimum absolute atomic E-state index is 0.0514. The Morgan fingerprint density at radius 3 is 2.73 bits per heavy atom. The predicted molar refractivity (Wildman–Crippen MR) is 116 cm³/mol. The summed E-state index contributed by atoms with van der Waals surface area (Å²) in [5.41, 5.74) is 5.69. The maximum absolute atomic E-state index is 12.0. The van der Waals surface area contributed by atoms with Crippen molar-refractivity contribution in [1.82, 2.24) is 15.3 Å². The van der Waals surface area contributed by atoms with Gasteiger partial charge in [0, 0.05) is 32.1 Å². The van der Waals surface area contributed by atoms with Crippen LogP contribution >= 0.6 is 0 Å². The van der Waals surface area contributed by atoms with Gasteiger partial charge in [0.1, 0.15) is 12.4 Å². The highest BCUT2D eigenvalue weighted by Crippen LogP contribution is 2.37. The Kier molecular flexibility index (Phi) is 7.55. The quantitative estimate of drug-likeness (QED) is 0.681. The Morgan fingerprint density at radius 2 is 1.87 bits per heavy atom. The largest absolute Gasteiger partial charge is 0.472 e. The lowest BCUT2D eigenvalue weighted by molar-refractivity contribution is -0.131. The summed E-state index contributed by atoms with van der Waals surface area (Å²) in [6.45, 7) is 4.32. The Morgan fingerprint density at radius 1 is 1.03 bits per heavy atom. The lowest BCUT2D eigenvalue weighted by Gasteiger charge is -2.29. The number of carbonyl (C=O) groups is 1. The van der Waals surface area contributed by atoms with Gasteiger partial charge in [0.15, 0.2) is 0 Å². The molecule has 0 radical (unpaired) electrons. The van der Waals surface area contributed by atoms with Crippen LogP contribution in [-0.4, -0.2) is 60.7 Å². The molecule has 30 heavy (non-hydrogen) atoms. The molecule has 5 atom stereocenters. The van der Waals surface area contributed by atoms with E-state index in [1.54, 1.807) is 6.26 Å². The third-order valence-corrected chi connectivity index (χ3v) is 7.25. The van der Waals surface area contributed by atoms with Crippen LogP contribution in [0.1, 0.15) is 57.8 Å². The van der Waals surface area contributed by atoms with Crippen molar-refractivity contribution in [1.29, 1.82) is 0 Å². The summed E-state index contributed by atoms with van der Waals surface area (Å²) in [6.07, 6.45) is 16.5. The molecule has 1 amide bonds. The van der Waals surface area contributed by atoms with Crippen LogP contribution in [0.3, 0.4) is 0 Å². The zero-order chi connectivity index (χ0) is 20.8. The van der Waals surface area contributed by atoms with Gasteiger partial charge in [-0.3, -0.25) is 9.69 Å². The van der Waals surface area contributed by atoms with Gasteiger partial charge in [-0.1, -0.05) is 38.5 Å². The minimum atomic E-state index is -0.258. The highest BCUT2D eigenvalue weighted by molar-refractivity contribution is 5.80. The van der Waals surface area contributed by atoms with Crippen LogP contribution in [0.15, 0.2) is 24.3 Å². The first-order valence-corrected chi connectivity index (χ1v) is 11.9. The Labute approximate surface area is 180 Å². The normalized spacial score (nSPS) is 35.8. The molecule has 3 N–H and O–H groups in total. The third kappa shape index (κ3) is 5.49. The molecule has 0 aromatic rings. The number of hydroxylamine groups is 2. The summed E-state index contributed by atoms with van der Waals surface area (Å²) in [4.78, 5) is 19.9. The molecule has 2 saturated heterocycles. The number of primary amides is 1. The van der Waals surface area contributed by atoms with Crippen molar-refractivity contribution < 1.29 is 14.4 Å². The summed E-state index contributed by atoms with van der Waals surface area (Å²) in [6, 6.07) is -0.257. The van der Waals surface area contributed by atoms with E-state index in [-0.39, 0.29) is 18.1 Å². The molecule has 0 aromatic carbocycles. The van der Waals surface area contributed by atoms with Crippen molar-refractivity contribution in [2.45, 2.75) is 69.9 Å². The number of nitrogens with two attached hydrogens (primary N) is 1. The number of ether oxygens (including phenoxy) is 1. The first-order valence-electron chi connectivity index (χ1n) is 11.9. The fourth-order valence-corrected chi connectivity index (χ4v) is 5.63. The van der Waals surface area contributed by atoms with Crippen molar-refractivity contribution in [3.8, 4) is 0 Å². The van der Waals surface area contributed by atoms with E-state index in [0.717, 1.165) is 56.9 Å². The monoisotopic (exact) mass is 418 g/mol. The number of amides is 1. The van der Waals surface area contributed by atoms with E-state index in [2.05, 4.69) is 10.2 Å². The second kappa shape index (κ2) is 10.5. The number of rotatable bonds is 1. The van der Waals surface area contributed by atoms with Gasteiger partial charge in [-0.25, -0.2) is 0 Å². The van der Waals surface area contributed by atoms with Crippen molar-refractivity contribution in [3.63, 3.8) is 0 Å². The van der Waals surface area contributed by atoms with Gasteiger partial charge < -0.3 is 20.6 Å². The smallest absolute Gasteiger partial charge is 0.234 e. The van der Waals surface area contributed by atoms with Crippen LogP contribution in [-0.2, 0) is 14.4 Å². The van der Waals surface area contributed by atoms with E-state index in [9.17, 15) is 4.79 Å². The SMILES string of the molecule is NC(=O)C1CC2CN1CCNCCC1CCCC1CCCCCN1OC=CC=C1O2. The summed E-state index contributed by atoms with van der Waals surface area (Å²) < 4.78 is 6.27. The lowest BCUT2D eigenvalue weighted by Crippen LogP contribution is -2.43. The molecule has 7 nitrogen and oxygen atoms in total. The number of allylic oxidation sites excluding steroid dienone is 2. The fourth-order valence-electron chi connectivity index (χ4n) is 5.63. The molecule has 1 saturated carbocycles. The average Bonchev–Trinajstić information content (AvgIpc) is 3.35. The first kappa shape index (κ1) is 21.5. The molecular weight excluding hydrogens is 380 g/mol. The standard InChI is InChI=1S/C23H38N4O3/c24-23(28)21-16-20-17-26(21)14-12-25-11-10-19-8-4-7-18(19)6-2-1-3-13-27-22(30-20)9-5-15-29-27/h5,9,15,18-21,25H,1-4,6-8,10-14,16-17H2,(H2,24,28). The highest BCUT2D eigenvalue weighted by atomic mass is 16.7. The fraction of sp³-hybridized carbons (Fsp3) is 0.783. The second-order valence-corrected chi connectivity index (χ2v) is 9.27. The highest BCUT2D eigenvalue weighted by Gasteiger charge is 2.37. The maximum atomic E-state index is 12.0. The topological polar surface area (TPSA) is 80.1 Å². The van der Waals surface area contributed by atoms with E-state index in [1.807, 2.05) is 17.2 Å². The van der Waals surface area contributed by atoms with Gasteiger partial charge in [-0.15, -0.1) is 0 Å².